The van der Waals surface area contributed by atoms with Crippen LogP contribution in [0.25, 0.3) is 0 Å². The molecule has 1 aliphatic heterocycles. The molecule has 0 aliphatic carbocycles. The molecule has 1 fully saturated rings. The van der Waals surface area contributed by atoms with Crippen LogP contribution in [-0.2, 0) is 14.3 Å². The molecule has 0 spiro atoms. The molecule has 1 atom stereocenters. The van der Waals surface area contributed by atoms with Crippen LogP contribution in [0.1, 0.15) is 7.43 Å². The number of carbonyl (C=O) groups is 1. The monoisotopic (exact) mass is 136 g/mol. The fraction of sp³-hybridized carbons (Fsp3) is 0.800. The van der Waals surface area contributed by atoms with Crippen molar-refractivity contribution in [2.24, 2.45) is 0 Å². The molecule has 1 saturated heterocycles. The van der Waals surface area contributed by atoms with Crippen molar-refractivity contribution in [1.29, 1.82) is 0 Å². The largest absolute Gasteiger partial charge is 0.467 e. The first-order valence-corrected chi connectivity index (χ1v) is 2.04. The first kappa shape index (κ1) is 11.2. The third-order valence-electron chi connectivity index (χ3n) is 0.797. The van der Waals surface area contributed by atoms with Crippen molar-refractivity contribution in [1.82, 2.24) is 0 Å². The molecule has 0 amide bonds. The quantitative estimate of drug-likeness (QED) is 0.356. The van der Waals surface area contributed by atoms with Gasteiger partial charge >= 0.3 is 5.97 Å². The second-order valence-electron chi connectivity index (χ2n) is 1.35. The van der Waals surface area contributed by atoms with Gasteiger partial charge in [0.05, 0.1) is 13.7 Å². The molecule has 1 aliphatic rings. The van der Waals surface area contributed by atoms with Crippen LogP contribution in [0.5, 0.6) is 0 Å². The van der Waals surface area contributed by atoms with Crippen LogP contribution < -0.4 is 0 Å². The normalized spacial score (nSPS) is 20.8. The molecule has 0 saturated carbocycles. The van der Waals surface area contributed by atoms with Gasteiger partial charge in [-0.2, -0.15) is 0 Å². The van der Waals surface area contributed by atoms with E-state index in [1.807, 2.05) is 0 Å². The molecule has 4 heteroatoms. The molecule has 0 bridgehead atoms. The first-order chi connectivity index (χ1) is 3.34. The standard InChI is InChI=1S/C4H6O3.CH4.H2O/c1-6-4(5)3-2-7-3;;/h3H,2H2,1H3;1H4;1H2. The lowest BCUT2D eigenvalue weighted by molar-refractivity contribution is -0.142. The zero-order valence-electron chi connectivity index (χ0n) is 4.51. The predicted octanol–water partition coefficient (Wildman–Crippen LogP) is -0.630. The van der Waals surface area contributed by atoms with Gasteiger partial charge in [0.1, 0.15) is 0 Å². The molecule has 0 aromatic heterocycles. The number of methoxy groups -OCH3 is 1. The Hall–Kier alpha value is -0.610. The highest BCUT2D eigenvalue weighted by Gasteiger charge is 2.31. The van der Waals surface area contributed by atoms with Crippen molar-refractivity contribution in [3.05, 3.63) is 0 Å². The summed E-state index contributed by atoms with van der Waals surface area (Å²) in [5.41, 5.74) is 0. The average Bonchev–Trinajstić information content (AvgIpc) is 2.44. The molecule has 1 heterocycles. The van der Waals surface area contributed by atoms with Crippen molar-refractivity contribution in [2.75, 3.05) is 13.7 Å². The molecule has 1 rings (SSSR count). The number of hydrogen-bond acceptors (Lipinski definition) is 3. The number of esters is 1. The van der Waals surface area contributed by atoms with Gasteiger partial charge < -0.3 is 14.9 Å². The van der Waals surface area contributed by atoms with E-state index in [2.05, 4.69) is 9.47 Å². The molecule has 56 valence electrons. The van der Waals surface area contributed by atoms with Crippen molar-refractivity contribution < 1.29 is 19.7 Å². The van der Waals surface area contributed by atoms with E-state index in [1.165, 1.54) is 7.11 Å². The summed E-state index contributed by atoms with van der Waals surface area (Å²) >= 11 is 0. The average molecular weight is 136 g/mol. The summed E-state index contributed by atoms with van der Waals surface area (Å²) in [4.78, 5) is 10.2. The van der Waals surface area contributed by atoms with E-state index in [-0.39, 0.29) is 25.0 Å². The molecule has 0 radical (unpaired) electrons. The Balaban J connectivity index is 0. The molecule has 4 nitrogen and oxygen atoms in total. The van der Waals surface area contributed by atoms with Crippen LogP contribution in [0.15, 0.2) is 0 Å². The third kappa shape index (κ3) is 3.05. The van der Waals surface area contributed by atoms with E-state index in [0.717, 1.165) is 0 Å². The zero-order chi connectivity index (χ0) is 5.28. The van der Waals surface area contributed by atoms with Crippen LogP contribution in [0.4, 0.5) is 0 Å². The van der Waals surface area contributed by atoms with Crippen LogP contribution in [0.2, 0.25) is 0 Å². The molecule has 2 N–H and O–H groups in total. The summed E-state index contributed by atoms with van der Waals surface area (Å²) in [7, 11) is 1.35. The number of hydrogen-bond donors (Lipinski definition) is 0. The highest BCUT2D eigenvalue weighted by molar-refractivity contribution is 5.76. The minimum Gasteiger partial charge on any atom is -0.467 e. The Kier molecular flexibility index (Phi) is 5.34. The molecular weight excluding hydrogens is 124 g/mol. The number of ether oxygens (including phenoxy) is 2. The summed E-state index contributed by atoms with van der Waals surface area (Å²) in [5, 5.41) is 0. The minimum atomic E-state index is -0.264. The van der Waals surface area contributed by atoms with Gasteiger partial charge in [-0.15, -0.1) is 0 Å². The van der Waals surface area contributed by atoms with Crippen molar-refractivity contribution in [3.63, 3.8) is 0 Å². The summed E-state index contributed by atoms with van der Waals surface area (Å²) in [6, 6.07) is 0. The molecule has 0 aromatic carbocycles. The van der Waals surface area contributed by atoms with Crippen LogP contribution in [0, 0.1) is 0 Å². The van der Waals surface area contributed by atoms with E-state index in [0.29, 0.717) is 6.61 Å². The zero-order valence-corrected chi connectivity index (χ0v) is 4.51. The summed E-state index contributed by atoms with van der Waals surface area (Å²) in [6.07, 6.45) is -0.245. The van der Waals surface area contributed by atoms with E-state index in [1.54, 1.807) is 0 Å². The second kappa shape index (κ2) is 4.29. The van der Waals surface area contributed by atoms with Gasteiger partial charge in [0.25, 0.3) is 0 Å². The molecular formula is C5H12O4. The maximum atomic E-state index is 10.2. The third-order valence-corrected chi connectivity index (χ3v) is 0.797. The van der Waals surface area contributed by atoms with Crippen LogP contribution in [-0.4, -0.2) is 31.3 Å². The summed E-state index contributed by atoms with van der Waals surface area (Å²) in [5.74, 6) is -0.264. The van der Waals surface area contributed by atoms with E-state index in [4.69, 9.17) is 0 Å². The lowest BCUT2D eigenvalue weighted by atomic mass is 10.5. The van der Waals surface area contributed by atoms with Gasteiger partial charge in [0.15, 0.2) is 6.10 Å². The van der Waals surface area contributed by atoms with Crippen molar-refractivity contribution >= 4 is 5.97 Å². The van der Waals surface area contributed by atoms with Crippen molar-refractivity contribution in [2.45, 2.75) is 13.5 Å². The number of carbonyl (C=O) groups excluding carboxylic acids is 1. The second-order valence-corrected chi connectivity index (χ2v) is 1.35. The number of epoxide rings is 1. The Morgan fingerprint density at radius 1 is 1.78 bits per heavy atom. The first-order valence-electron chi connectivity index (χ1n) is 2.04. The lowest BCUT2D eigenvalue weighted by Crippen LogP contribution is -2.07. The Morgan fingerprint density at radius 3 is 2.33 bits per heavy atom. The Morgan fingerprint density at radius 2 is 2.22 bits per heavy atom. The maximum absolute atomic E-state index is 10.2. The number of rotatable bonds is 1. The highest BCUT2D eigenvalue weighted by atomic mass is 16.6. The summed E-state index contributed by atoms with van der Waals surface area (Å²) in [6.45, 7) is 0.534. The smallest absolute Gasteiger partial charge is 0.337 e. The molecule has 0 aromatic rings. The predicted molar refractivity (Wildman–Crippen MR) is 32.1 cm³/mol. The summed E-state index contributed by atoms with van der Waals surface area (Å²) < 4.78 is 8.90. The highest BCUT2D eigenvalue weighted by Crippen LogP contribution is 2.08. The van der Waals surface area contributed by atoms with Gasteiger partial charge in [-0.25, -0.2) is 4.79 Å². The fourth-order valence-electron chi connectivity index (χ4n) is 0.316. The SMILES string of the molecule is C.COC(=O)C1CO1.O. The van der Waals surface area contributed by atoms with Crippen LogP contribution >= 0.6 is 0 Å². The molecule has 9 heavy (non-hydrogen) atoms. The topological polar surface area (TPSA) is 70.3 Å². The van der Waals surface area contributed by atoms with Gasteiger partial charge in [-0.3, -0.25) is 0 Å². The Labute approximate surface area is 54.1 Å². The van der Waals surface area contributed by atoms with Crippen molar-refractivity contribution in [3.8, 4) is 0 Å². The van der Waals surface area contributed by atoms with Gasteiger partial charge in [0.2, 0.25) is 0 Å². The maximum Gasteiger partial charge on any atom is 0.337 e. The Bertz CT molecular complexity index is 87.0. The van der Waals surface area contributed by atoms with E-state index >= 15 is 0 Å². The van der Waals surface area contributed by atoms with E-state index < -0.39 is 0 Å². The van der Waals surface area contributed by atoms with Gasteiger partial charge in [0, 0.05) is 0 Å². The van der Waals surface area contributed by atoms with Gasteiger partial charge in [-0.1, -0.05) is 7.43 Å². The van der Waals surface area contributed by atoms with Crippen LogP contribution in [0.3, 0.4) is 0 Å². The molecule has 1 unspecified atom stereocenters. The van der Waals surface area contributed by atoms with Gasteiger partial charge in [-0.05, 0) is 0 Å². The van der Waals surface area contributed by atoms with E-state index in [9.17, 15) is 4.79 Å². The lowest BCUT2D eigenvalue weighted by Gasteiger charge is -1.87. The fourth-order valence-corrected chi connectivity index (χ4v) is 0.316. The minimum absolute atomic E-state index is 0.